The number of pyridine rings is 2. The van der Waals surface area contributed by atoms with Crippen molar-refractivity contribution in [2.24, 2.45) is 5.92 Å². The molecule has 7 nitrogen and oxygen atoms in total. The van der Waals surface area contributed by atoms with E-state index in [2.05, 4.69) is 20.4 Å². The van der Waals surface area contributed by atoms with Crippen molar-refractivity contribution in [3.63, 3.8) is 0 Å². The molecule has 1 saturated carbocycles. The summed E-state index contributed by atoms with van der Waals surface area (Å²) in [6, 6.07) is 3.31. The van der Waals surface area contributed by atoms with E-state index < -0.39 is 19.2 Å². The third-order valence-electron chi connectivity index (χ3n) is 4.74. The van der Waals surface area contributed by atoms with Gasteiger partial charge in [-0.25, -0.2) is 9.97 Å². The number of aromatic nitrogens is 4. The average molecular weight is 454 g/mol. The fourth-order valence-corrected chi connectivity index (χ4v) is 3.29. The molecule has 11 heteroatoms. The maximum absolute atomic E-state index is 12.2. The van der Waals surface area contributed by atoms with E-state index >= 15 is 0 Å². The molecule has 1 amide bonds. The Morgan fingerprint density at radius 2 is 2.13 bits per heavy atom. The summed E-state index contributed by atoms with van der Waals surface area (Å²) in [7, 11) is 0. The highest BCUT2D eigenvalue weighted by Crippen LogP contribution is 2.33. The number of ether oxygens (including phenoxy) is 1. The SMILES string of the molecule is O=C(CC1CC1)Nc1nccc2nn(Cc3cnc(OCCC(F)(F)F)c(Cl)c3)cc12. The van der Waals surface area contributed by atoms with Gasteiger partial charge in [0.2, 0.25) is 11.8 Å². The molecule has 3 aromatic heterocycles. The molecule has 31 heavy (non-hydrogen) atoms. The molecule has 3 heterocycles. The van der Waals surface area contributed by atoms with Crippen molar-refractivity contribution in [2.75, 3.05) is 11.9 Å². The summed E-state index contributed by atoms with van der Waals surface area (Å²) in [6.07, 6.45) is 2.09. The first-order valence-corrected chi connectivity index (χ1v) is 10.1. The number of hydrogen-bond donors (Lipinski definition) is 1. The van der Waals surface area contributed by atoms with E-state index in [4.69, 9.17) is 16.3 Å². The van der Waals surface area contributed by atoms with Gasteiger partial charge in [-0.2, -0.15) is 18.3 Å². The maximum atomic E-state index is 12.2. The van der Waals surface area contributed by atoms with Crippen molar-refractivity contribution >= 4 is 34.2 Å². The van der Waals surface area contributed by atoms with Crippen LogP contribution in [0.25, 0.3) is 10.9 Å². The first kappa shape index (κ1) is 21.4. The topological polar surface area (TPSA) is 81.9 Å². The van der Waals surface area contributed by atoms with Gasteiger partial charge in [0.05, 0.1) is 30.5 Å². The van der Waals surface area contributed by atoms with Gasteiger partial charge >= 0.3 is 6.18 Å². The highest BCUT2D eigenvalue weighted by molar-refractivity contribution is 6.31. The molecule has 0 radical (unpaired) electrons. The van der Waals surface area contributed by atoms with Crippen LogP contribution < -0.4 is 10.1 Å². The van der Waals surface area contributed by atoms with Crippen LogP contribution >= 0.6 is 11.6 Å². The molecular formula is C20H19ClF3N5O2. The van der Waals surface area contributed by atoms with E-state index in [-0.39, 0.29) is 16.8 Å². The van der Waals surface area contributed by atoms with Crippen molar-refractivity contribution in [2.45, 2.75) is 38.4 Å². The zero-order valence-electron chi connectivity index (χ0n) is 16.3. The number of nitrogens with zero attached hydrogens (tertiary/aromatic N) is 4. The minimum absolute atomic E-state index is 0.0508. The lowest BCUT2D eigenvalue weighted by Gasteiger charge is -2.10. The fourth-order valence-electron chi connectivity index (χ4n) is 3.05. The Hall–Kier alpha value is -2.88. The quantitative estimate of drug-likeness (QED) is 0.539. The molecule has 0 saturated heterocycles. The van der Waals surface area contributed by atoms with Gasteiger partial charge in [0.1, 0.15) is 10.8 Å². The Kier molecular flexibility index (Phi) is 5.99. The number of amides is 1. The second-order valence-corrected chi connectivity index (χ2v) is 7.87. The van der Waals surface area contributed by atoms with E-state index in [1.807, 2.05) is 0 Å². The molecule has 0 atom stereocenters. The first-order valence-electron chi connectivity index (χ1n) is 9.73. The van der Waals surface area contributed by atoms with Crippen molar-refractivity contribution in [3.8, 4) is 5.88 Å². The Morgan fingerprint density at radius 1 is 1.32 bits per heavy atom. The average Bonchev–Trinajstić information content (AvgIpc) is 3.39. The van der Waals surface area contributed by atoms with E-state index in [0.717, 1.165) is 12.8 Å². The minimum atomic E-state index is -4.31. The van der Waals surface area contributed by atoms with Gasteiger partial charge in [-0.15, -0.1) is 0 Å². The smallest absolute Gasteiger partial charge is 0.392 e. The van der Waals surface area contributed by atoms with Crippen LogP contribution in [0.3, 0.4) is 0 Å². The molecule has 4 rings (SSSR count). The summed E-state index contributed by atoms with van der Waals surface area (Å²) >= 11 is 6.10. The van der Waals surface area contributed by atoms with Gasteiger partial charge < -0.3 is 10.1 Å². The molecule has 0 aromatic carbocycles. The van der Waals surface area contributed by atoms with Crippen LogP contribution in [0.5, 0.6) is 5.88 Å². The van der Waals surface area contributed by atoms with Gasteiger partial charge in [-0.05, 0) is 36.5 Å². The van der Waals surface area contributed by atoms with Crippen LogP contribution in [0.2, 0.25) is 5.02 Å². The molecule has 0 bridgehead atoms. The van der Waals surface area contributed by atoms with Crippen LogP contribution in [-0.4, -0.2) is 38.4 Å². The summed E-state index contributed by atoms with van der Waals surface area (Å²) in [6.45, 7) is -0.234. The van der Waals surface area contributed by atoms with Crippen LogP contribution in [0.15, 0.2) is 30.7 Å². The first-order chi connectivity index (χ1) is 14.8. The van der Waals surface area contributed by atoms with Crippen molar-refractivity contribution < 1.29 is 22.7 Å². The van der Waals surface area contributed by atoms with Gasteiger partial charge in [-0.1, -0.05) is 11.6 Å². The third-order valence-corrected chi connectivity index (χ3v) is 5.01. The summed E-state index contributed by atoms with van der Waals surface area (Å²) in [5.74, 6) is 0.816. The van der Waals surface area contributed by atoms with Crippen molar-refractivity contribution in [1.82, 2.24) is 19.7 Å². The van der Waals surface area contributed by atoms with E-state index in [1.165, 1.54) is 6.20 Å². The minimum Gasteiger partial charge on any atom is -0.476 e. The molecule has 3 aromatic rings. The Bertz CT molecular complexity index is 1100. The van der Waals surface area contributed by atoms with Gasteiger partial charge in [-0.3, -0.25) is 9.48 Å². The number of alkyl halides is 3. The summed E-state index contributed by atoms with van der Waals surface area (Å²) in [4.78, 5) is 20.4. The second kappa shape index (κ2) is 8.70. The predicted molar refractivity (Wildman–Crippen MR) is 108 cm³/mol. The Labute approximate surface area is 180 Å². The number of hydrogen-bond acceptors (Lipinski definition) is 5. The Morgan fingerprint density at radius 3 is 2.84 bits per heavy atom. The summed E-state index contributed by atoms with van der Waals surface area (Å²) in [5, 5.41) is 8.15. The molecule has 1 aliphatic rings. The molecule has 0 aliphatic heterocycles. The van der Waals surface area contributed by atoms with Crippen molar-refractivity contribution in [1.29, 1.82) is 0 Å². The number of halogens is 4. The van der Waals surface area contributed by atoms with Crippen LogP contribution in [0.1, 0.15) is 31.2 Å². The van der Waals surface area contributed by atoms with E-state index in [1.54, 1.807) is 29.2 Å². The third kappa shape index (κ3) is 5.84. The van der Waals surface area contributed by atoms with Crippen LogP contribution in [-0.2, 0) is 11.3 Å². The summed E-state index contributed by atoms with van der Waals surface area (Å²) in [5.41, 5.74) is 1.36. The number of fused-ring (bicyclic) bond motifs is 1. The van der Waals surface area contributed by atoms with E-state index in [0.29, 0.717) is 41.2 Å². The number of anilines is 1. The number of carbonyl (C=O) groups excluding carboxylic acids is 1. The molecule has 1 N–H and O–H groups in total. The standard InChI is InChI=1S/C20H19ClF3N5O2/c21-15-7-13(9-26-19(15)31-6-4-20(22,23)24)10-29-11-14-16(28-29)3-5-25-18(14)27-17(30)8-12-1-2-12/h3,5,7,9,11-12H,1-2,4,6,8,10H2,(H,25,27,30). The monoisotopic (exact) mass is 453 g/mol. The second-order valence-electron chi connectivity index (χ2n) is 7.46. The fraction of sp³-hybridized carbons (Fsp3) is 0.400. The normalized spacial score (nSPS) is 14.1. The number of carbonyl (C=O) groups is 1. The number of nitrogens with one attached hydrogen (secondary N) is 1. The predicted octanol–water partition coefficient (Wildman–Crippen LogP) is 4.60. The molecule has 1 fully saturated rings. The van der Waals surface area contributed by atoms with E-state index in [9.17, 15) is 18.0 Å². The summed E-state index contributed by atoms with van der Waals surface area (Å²) < 4.78 is 43.4. The van der Waals surface area contributed by atoms with Crippen molar-refractivity contribution in [3.05, 3.63) is 41.3 Å². The lowest BCUT2D eigenvalue weighted by molar-refractivity contribution is -0.139. The zero-order valence-corrected chi connectivity index (χ0v) is 17.1. The molecule has 164 valence electrons. The Balaban J connectivity index is 1.44. The molecule has 0 unspecified atom stereocenters. The van der Waals surface area contributed by atoms with Crippen LogP contribution in [0, 0.1) is 5.92 Å². The highest BCUT2D eigenvalue weighted by atomic mass is 35.5. The van der Waals surface area contributed by atoms with Gasteiger partial charge in [0, 0.05) is 25.0 Å². The molecular weight excluding hydrogens is 435 g/mol. The van der Waals surface area contributed by atoms with Crippen LogP contribution in [0.4, 0.5) is 19.0 Å². The van der Waals surface area contributed by atoms with Gasteiger partial charge in [0.15, 0.2) is 0 Å². The highest BCUT2D eigenvalue weighted by Gasteiger charge is 2.27. The molecule has 0 spiro atoms. The largest absolute Gasteiger partial charge is 0.476 e. The molecule has 1 aliphatic carbocycles. The van der Waals surface area contributed by atoms with Gasteiger partial charge in [0.25, 0.3) is 0 Å². The lowest BCUT2D eigenvalue weighted by Crippen LogP contribution is -2.13. The number of rotatable bonds is 8. The lowest BCUT2D eigenvalue weighted by atomic mass is 10.2. The maximum Gasteiger partial charge on any atom is 0.392 e. The zero-order chi connectivity index (χ0) is 22.0.